The zero-order chi connectivity index (χ0) is 36.5. The van der Waals surface area contributed by atoms with Gasteiger partial charge in [0.15, 0.2) is 0 Å². The number of rotatable bonds is 15. The number of amides is 4. The van der Waals surface area contributed by atoms with Gasteiger partial charge in [0, 0.05) is 50.8 Å². The molecule has 51 heavy (non-hydrogen) atoms. The number of nitrogens with one attached hydrogen (secondary N) is 2. The highest BCUT2D eigenvalue weighted by Crippen LogP contribution is 2.42. The fourth-order valence-corrected chi connectivity index (χ4v) is 7.14. The van der Waals surface area contributed by atoms with Crippen molar-refractivity contribution in [1.29, 1.82) is 0 Å². The van der Waals surface area contributed by atoms with E-state index < -0.39 is 47.9 Å². The molecule has 1 saturated carbocycles. The van der Waals surface area contributed by atoms with Crippen LogP contribution in [0.2, 0.25) is 0 Å². The lowest BCUT2D eigenvalue weighted by atomic mass is 9.81. The maximum atomic E-state index is 14.3. The first-order chi connectivity index (χ1) is 24.5. The minimum Gasteiger partial charge on any atom is -0.481 e. The van der Waals surface area contributed by atoms with Crippen LogP contribution >= 0.6 is 0 Å². The highest BCUT2D eigenvalue weighted by Gasteiger charge is 2.49. The number of benzene rings is 2. The van der Waals surface area contributed by atoms with Crippen LogP contribution < -0.4 is 15.5 Å². The number of carbonyl (C=O) groups excluding carboxylic acids is 4. The largest absolute Gasteiger partial charge is 0.481 e. The van der Waals surface area contributed by atoms with Gasteiger partial charge in [0.05, 0.1) is 11.8 Å². The molecule has 268 valence electrons. The van der Waals surface area contributed by atoms with E-state index in [-0.39, 0.29) is 37.0 Å². The summed E-state index contributed by atoms with van der Waals surface area (Å²) in [6, 6.07) is 17.2. The third-order valence-electron chi connectivity index (χ3n) is 9.73. The van der Waals surface area contributed by atoms with E-state index in [1.807, 2.05) is 12.1 Å². The Morgan fingerprint density at radius 1 is 0.922 bits per heavy atom. The van der Waals surface area contributed by atoms with Crippen LogP contribution in [0.15, 0.2) is 79.1 Å². The molecule has 0 radical (unpaired) electrons. The van der Waals surface area contributed by atoms with Crippen LogP contribution in [0.25, 0.3) is 0 Å². The summed E-state index contributed by atoms with van der Waals surface area (Å²) in [7, 11) is 0. The molecule has 5 rings (SSSR count). The molecule has 2 heterocycles. The second kappa shape index (κ2) is 16.4. The second-order valence-electron chi connectivity index (χ2n) is 13.2. The van der Waals surface area contributed by atoms with Gasteiger partial charge in [0.1, 0.15) is 18.2 Å². The minimum absolute atomic E-state index is 0.0113. The number of nitrogens with zero attached hydrogens (tertiary/aromatic N) is 3. The molecular formula is C38H43N5O8. The van der Waals surface area contributed by atoms with E-state index in [0.29, 0.717) is 42.6 Å². The van der Waals surface area contributed by atoms with Crippen LogP contribution in [0, 0.1) is 5.41 Å². The van der Waals surface area contributed by atoms with Crippen LogP contribution in [-0.4, -0.2) is 74.3 Å². The Morgan fingerprint density at radius 2 is 1.63 bits per heavy atom. The lowest BCUT2D eigenvalue weighted by Crippen LogP contribution is -2.49. The molecule has 3 atom stereocenters. The maximum absolute atomic E-state index is 14.3. The summed E-state index contributed by atoms with van der Waals surface area (Å²) < 4.78 is 0. The predicted molar refractivity (Wildman–Crippen MR) is 186 cm³/mol. The molecule has 0 bridgehead atoms. The molecular weight excluding hydrogens is 654 g/mol. The molecule has 3 aromatic rings. The number of carbonyl (C=O) groups is 6. The molecule has 4 amide bonds. The second-order valence-corrected chi connectivity index (χ2v) is 13.2. The van der Waals surface area contributed by atoms with Gasteiger partial charge in [-0.3, -0.25) is 33.9 Å². The van der Waals surface area contributed by atoms with E-state index in [9.17, 15) is 39.0 Å². The summed E-state index contributed by atoms with van der Waals surface area (Å²) in [4.78, 5) is 83.9. The van der Waals surface area contributed by atoms with Crippen LogP contribution in [0.3, 0.4) is 0 Å². The van der Waals surface area contributed by atoms with Crippen molar-refractivity contribution >= 4 is 41.3 Å². The lowest BCUT2D eigenvalue weighted by molar-refractivity contribution is -0.144. The summed E-state index contributed by atoms with van der Waals surface area (Å²) in [6.45, 7) is 1.74. The normalized spacial score (nSPS) is 18.6. The van der Waals surface area contributed by atoms with Gasteiger partial charge >= 0.3 is 11.9 Å². The number of hydrogen-bond acceptors (Lipinski definition) is 7. The van der Waals surface area contributed by atoms with Gasteiger partial charge in [-0.15, -0.1) is 0 Å². The first kappa shape index (κ1) is 36.7. The topological polar surface area (TPSA) is 186 Å². The van der Waals surface area contributed by atoms with Crippen molar-refractivity contribution in [3.63, 3.8) is 0 Å². The zero-order valence-electron chi connectivity index (χ0n) is 28.5. The number of carboxylic acids is 2. The van der Waals surface area contributed by atoms with E-state index in [4.69, 9.17) is 0 Å². The molecule has 13 heteroatoms. The minimum atomic E-state index is -1.21. The van der Waals surface area contributed by atoms with Gasteiger partial charge in [0.2, 0.25) is 17.7 Å². The Labute approximate surface area is 296 Å². The fraction of sp³-hybridized carbons (Fsp3) is 0.395. The average molecular weight is 698 g/mol. The van der Waals surface area contributed by atoms with Gasteiger partial charge in [-0.05, 0) is 54.2 Å². The monoisotopic (exact) mass is 697 g/mol. The summed E-state index contributed by atoms with van der Waals surface area (Å²) in [6.07, 6.45) is 5.16. The Bertz CT molecular complexity index is 1730. The molecule has 0 spiro atoms. The zero-order valence-corrected chi connectivity index (χ0v) is 28.5. The summed E-state index contributed by atoms with van der Waals surface area (Å²) in [5.41, 5.74) is 1.70. The van der Waals surface area contributed by atoms with Crippen LogP contribution in [0.4, 0.5) is 5.69 Å². The summed E-state index contributed by atoms with van der Waals surface area (Å²) in [5.74, 6) is -3.68. The molecule has 2 fully saturated rings. The van der Waals surface area contributed by atoms with Crippen LogP contribution in [-0.2, 0) is 41.6 Å². The van der Waals surface area contributed by atoms with Crippen molar-refractivity contribution in [2.45, 2.75) is 83.0 Å². The number of hydrogen-bond donors (Lipinski definition) is 4. The third kappa shape index (κ3) is 8.77. The van der Waals surface area contributed by atoms with E-state index in [1.165, 1.54) is 16.7 Å². The maximum Gasteiger partial charge on any atom is 0.326 e. The van der Waals surface area contributed by atoms with Crippen molar-refractivity contribution in [2.24, 2.45) is 5.41 Å². The summed E-state index contributed by atoms with van der Waals surface area (Å²) in [5, 5.41) is 24.9. The lowest BCUT2D eigenvalue weighted by Gasteiger charge is -2.32. The fourth-order valence-electron chi connectivity index (χ4n) is 7.14. The van der Waals surface area contributed by atoms with Crippen molar-refractivity contribution in [3.8, 4) is 0 Å². The molecule has 2 aromatic carbocycles. The molecule has 1 aromatic heterocycles. The SMILES string of the molecule is CC(=O)NCCC1(C(=O)NC(Cc2ccc(N3C(=O)C(Cc4cccnc4)N(C(=O)CCC(=O)O)C3c3ccccc3)cc2)C(=O)O)CCCC1. The molecule has 4 N–H and O–H groups in total. The van der Waals surface area contributed by atoms with Crippen molar-refractivity contribution < 1.29 is 39.0 Å². The summed E-state index contributed by atoms with van der Waals surface area (Å²) >= 11 is 0. The molecule has 13 nitrogen and oxygen atoms in total. The average Bonchev–Trinajstić information content (AvgIpc) is 3.71. The quantitative estimate of drug-likeness (QED) is 0.184. The van der Waals surface area contributed by atoms with Gasteiger partial charge < -0.3 is 25.7 Å². The van der Waals surface area contributed by atoms with Crippen molar-refractivity contribution in [1.82, 2.24) is 20.5 Å². The Kier molecular flexibility index (Phi) is 11.8. The smallest absolute Gasteiger partial charge is 0.326 e. The molecule has 1 saturated heterocycles. The number of carboxylic acid groups (broad SMARTS) is 2. The molecule has 3 unspecified atom stereocenters. The highest BCUT2D eigenvalue weighted by molar-refractivity contribution is 6.04. The van der Waals surface area contributed by atoms with Gasteiger partial charge in [-0.2, -0.15) is 0 Å². The van der Waals surface area contributed by atoms with Crippen LogP contribution in [0.1, 0.15) is 74.7 Å². The number of anilines is 1. The van der Waals surface area contributed by atoms with E-state index >= 15 is 0 Å². The van der Waals surface area contributed by atoms with E-state index in [0.717, 1.165) is 18.4 Å². The highest BCUT2D eigenvalue weighted by atomic mass is 16.4. The van der Waals surface area contributed by atoms with Gasteiger partial charge in [0.25, 0.3) is 5.91 Å². The molecule has 2 aliphatic rings. The standard InChI is InChI=1S/C38H43N5O8/c1-25(44)40-21-19-38(17-5-6-18-38)37(51)41-30(36(49)50)22-26-11-13-29(14-12-26)42-34(28-9-3-2-4-10-28)43(32(45)15-16-33(46)47)31(35(42)48)23-27-8-7-20-39-24-27/h2-4,7-14,20,24,30-31,34H,5-6,15-19,21-23H2,1H3,(H,40,44)(H,41,51)(H,46,47)(H,49,50). The van der Waals surface area contributed by atoms with Crippen LogP contribution in [0.5, 0.6) is 0 Å². The first-order valence-electron chi connectivity index (χ1n) is 17.2. The number of aliphatic carboxylic acids is 2. The Hall–Kier alpha value is -5.59. The van der Waals surface area contributed by atoms with Crippen molar-refractivity contribution in [2.75, 3.05) is 11.4 Å². The first-order valence-corrected chi connectivity index (χ1v) is 17.2. The Balaban J connectivity index is 1.41. The number of pyridine rings is 1. The Morgan fingerprint density at radius 3 is 2.24 bits per heavy atom. The predicted octanol–water partition coefficient (Wildman–Crippen LogP) is 3.63. The third-order valence-corrected chi connectivity index (χ3v) is 9.73. The number of aromatic nitrogens is 1. The van der Waals surface area contributed by atoms with Crippen molar-refractivity contribution in [3.05, 3.63) is 95.8 Å². The van der Waals surface area contributed by atoms with Gasteiger partial charge in [-0.25, -0.2) is 4.79 Å². The van der Waals surface area contributed by atoms with E-state index in [2.05, 4.69) is 15.6 Å². The molecule has 1 aliphatic heterocycles. The van der Waals surface area contributed by atoms with Gasteiger partial charge in [-0.1, -0.05) is 61.4 Å². The van der Waals surface area contributed by atoms with E-state index in [1.54, 1.807) is 67.0 Å². The molecule has 1 aliphatic carbocycles.